The number of ether oxygens (including phenoxy) is 2. The van der Waals surface area contributed by atoms with Crippen LogP contribution in [0.15, 0.2) is 54.1 Å². The van der Waals surface area contributed by atoms with E-state index in [0.29, 0.717) is 29.2 Å². The second-order valence-electron chi connectivity index (χ2n) is 15.5. The Morgan fingerprint density at radius 2 is 1.11 bits per heavy atom. The van der Waals surface area contributed by atoms with Gasteiger partial charge in [0.15, 0.2) is 5.60 Å². The van der Waals surface area contributed by atoms with Crippen molar-refractivity contribution in [2.45, 2.75) is 75.6 Å². The Morgan fingerprint density at radius 1 is 0.661 bits per heavy atom. The first-order valence-corrected chi connectivity index (χ1v) is 21.0. The summed E-state index contributed by atoms with van der Waals surface area (Å²) in [6, 6.07) is 13.0. The molecule has 11 rings (SSSR count). The topological polar surface area (TPSA) is 202 Å². The molecule has 0 radical (unpaired) electrons. The molecule has 0 amide bonds. The minimum absolute atomic E-state index is 0. The zero-order valence-electron chi connectivity index (χ0n) is 33.5. The maximum atomic E-state index is 11.0. The molecule has 1 heterocycles. The molecule has 2 aromatic rings. The third-order valence-electron chi connectivity index (χ3n) is 12.7. The first-order valence-electron chi connectivity index (χ1n) is 18.1. The zero-order chi connectivity index (χ0) is 37.1. The predicted molar refractivity (Wildman–Crippen MR) is 179 cm³/mol. The van der Waals surface area contributed by atoms with Crippen LogP contribution in [0.5, 0.6) is 11.5 Å². The van der Waals surface area contributed by atoms with E-state index in [0.717, 1.165) is 67.8 Å². The summed E-state index contributed by atoms with van der Waals surface area (Å²) in [5.74, 6) is 4.80. The normalized spacial score (nSPS) is 33.7. The fraction of sp³-hybridized carbons (Fsp3) is 0.622. The third kappa shape index (κ3) is 10.4. The second-order valence-corrected chi connectivity index (χ2v) is 17.7. The van der Waals surface area contributed by atoms with Crippen LogP contribution in [0.4, 0.5) is 0 Å². The van der Waals surface area contributed by atoms with Crippen LogP contribution in [0.2, 0.25) is 0 Å². The number of aliphatic hydroxyl groups is 1. The zero-order valence-corrected chi connectivity index (χ0v) is 43.3. The minimum Gasteiger partial charge on any atom is -0.780 e. The van der Waals surface area contributed by atoms with Crippen LogP contribution in [-0.4, -0.2) is 32.0 Å². The van der Waals surface area contributed by atoms with Crippen molar-refractivity contribution in [2.24, 2.45) is 47.3 Å². The van der Waals surface area contributed by atoms with Gasteiger partial charge in [-0.1, -0.05) is 24.3 Å². The van der Waals surface area contributed by atoms with Gasteiger partial charge >= 0.3 is 118 Å². The number of hydrogen-bond acceptors (Lipinski definition) is 13. The van der Waals surface area contributed by atoms with Gasteiger partial charge in [-0.15, -0.1) is 0 Å². The maximum Gasteiger partial charge on any atom is 1.00 e. The maximum absolute atomic E-state index is 11.0. The van der Waals surface area contributed by atoms with Crippen LogP contribution in [0.25, 0.3) is 5.76 Å². The molecule has 0 aromatic heterocycles. The van der Waals surface area contributed by atoms with E-state index in [-0.39, 0.29) is 130 Å². The van der Waals surface area contributed by atoms with E-state index >= 15 is 0 Å². The summed E-state index contributed by atoms with van der Waals surface area (Å²) in [5.41, 5.74) is 2.22. The molecule has 1 saturated heterocycles. The second kappa shape index (κ2) is 20.9. The van der Waals surface area contributed by atoms with E-state index in [1.54, 1.807) is 38.5 Å². The quantitative estimate of drug-likeness (QED) is 0.114. The summed E-state index contributed by atoms with van der Waals surface area (Å²) >= 11 is 0. The smallest absolute Gasteiger partial charge is 0.780 e. The Kier molecular flexibility index (Phi) is 19.5. The average Bonchev–Trinajstić information content (AvgIpc) is 3.06. The first-order chi connectivity index (χ1) is 24.8. The van der Waals surface area contributed by atoms with Gasteiger partial charge < -0.3 is 52.3 Å². The molecule has 1 aliphatic heterocycles. The summed E-state index contributed by atoms with van der Waals surface area (Å²) < 4.78 is 42.5. The molecule has 1 atom stereocenters. The largest absolute Gasteiger partial charge is 1.00 e. The molecule has 1 unspecified atom stereocenters. The van der Waals surface area contributed by atoms with Crippen molar-refractivity contribution >= 4 is 21.4 Å². The van der Waals surface area contributed by atoms with Crippen molar-refractivity contribution in [3.05, 3.63) is 65.2 Å². The molecule has 9 fully saturated rings. The van der Waals surface area contributed by atoms with E-state index in [2.05, 4.69) is 9.05 Å². The molecule has 13 nitrogen and oxygen atoms in total. The fourth-order valence-corrected chi connectivity index (χ4v) is 12.3. The van der Waals surface area contributed by atoms with Crippen LogP contribution < -0.4 is 147 Å². The number of benzene rings is 2. The molecule has 1 N–H and O–H groups in total. The summed E-state index contributed by atoms with van der Waals surface area (Å²) in [6.45, 7) is 0. The number of rotatable bonds is 8. The van der Waals surface area contributed by atoms with E-state index < -0.39 is 27.0 Å². The molecule has 56 heavy (non-hydrogen) atoms. The number of methoxy groups -OCH3 is 2. The number of hydrogen-bond donors (Lipinski definition) is 1. The molecule has 286 valence electrons. The van der Waals surface area contributed by atoms with Gasteiger partial charge in [0.05, 0.1) is 7.11 Å². The van der Waals surface area contributed by atoms with Crippen LogP contribution in [0, 0.1) is 47.3 Å². The van der Waals surface area contributed by atoms with Crippen molar-refractivity contribution in [2.75, 3.05) is 21.3 Å². The SMILES string of the molecule is CO.COC(=C1C2CC3CC(C2)CC1C3)c1cccc(OP(=O)([O-])[O-])c1.COC1(c2cccc(OP(=O)([O-])[O-])c2)OOC12C1CC3CC(C1)CC2C3.[Na+].[Na+].[Na+].[Na+]. The molecule has 19 heteroatoms. The van der Waals surface area contributed by atoms with Crippen molar-refractivity contribution in [1.82, 2.24) is 0 Å². The summed E-state index contributed by atoms with van der Waals surface area (Å²) in [4.78, 5) is 55.1. The Morgan fingerprint density at radius 3 is 1.52 bits per heavy atom. The molecule has 9 aliphatic rings. The van der Waals surface area contributed by atoms with Crippen LogP contribution in [0.1, 0.15) is 75.3 Å². The van der Waals surface area contributed by atoms with Gasteiger partial charge in [0.1, 0.15) is 32.9 Å². The minimum atomic E-state index is -5.13. The van der Waals surface area contributed by atoms with Gasteiger partial charge in [0.25, 0.3) is 5.79 Å². The number of phosphoric ester groups is 2. The predicted octanol–water partition coefficient (Wildman–Crippen LogP) is -7.82. The Balaban J connectivity index is 0.000000270. The monoisotopic (exact) mass is 852 g/mol. The summed E-state index contributed by atoms with van der Waals surface area (Å²) in [5, 5.41) is 7.00. The van der Waals surface area contributed by atoms with Crippen molar-refractivity contribution in [1.29, 1.82) is 0 Å². The van der Waals surface area contributed by atoms with Crippen LogP contribution >= 0.6 is 15.6 Å². The molecule has 2 aromatic carbocycles. The summed E-state index contributed by atoms with van der Waals surface area (Å²) in [6.07, 6.45) is 12.1. The van der Waals surface area contributed by atoms with E-state index in [1.807, 2.05) is 6.07 Å². The molecular weight excluding hydrogens is 806 g/mol. The molecule has 8 bridgehead atoms. The molecule has 1 spiro atoms. The fourth-order valence-electron chi connectivity index (χ4n) is 11.5. The Labute approximate surface area is 417 Å². The van der Waals surface area contributed by atoms with E-state index in [1.165, 1.54) is 62.3 Å². The van der Waals surface area contributed by atoms with Crippen LogP contribution in [0.3, 0.4) is 0 Å². The van der Waals surface area contributed by atoms with Crippen molar-refractivity contribution < 1.29 is 180 Å². The van der Waals surface area contributed by atoms with Crippen LogP contribution in [-0.2, 0) is 34.2 Å². The van der Waals surface area contributed by atoms with Gasteiger partial charge in [-0.05, 0) is 141 Å². The van der Waals surface area contributed by atoms with Gasteiger partial charge in [0, 0.05) is 25.3 Å². The average molecular weight is 853 g/mol. The number of phosphoric acid groups is 2. The number of allylic oxidation sites excluding steroid dienone is 1. The van der Waals surface area contributed by atoms with Gasteiger partial charge in [-0.2, -0.15) is 4.89 Å². The molecule has 8 saturated carbocycles. The third-order valence-corrected chi connectivity index (χ3v) is 13.5. The standard InChI is InChI=1S/C18H23O7P.C18H23O5P.CH4O.4Na/c1-22-18(13-3-2-4-16(10-13)23-26(19,20)21)17(24-25-18)14-6-11-5-12(8-14)9-15(17)7-11;1-22-18(13-3-2-4-16(10-13)23-24(19,20)21)17-14-6-11-5-12(8-14)9-15(17)7-11;1-2;;;;/h2-4,10-12,14-15H,5-9H2,1H3,(H2,19,20,21);2-4,10-12,14-15H,5-9H2,1H3,(H2,19,20,21);2H,1H3;;;;/q;;;4*+1/p-4. The Hall–Kier alpha value is 1.72. The van der Waals surface area contributed by atoms with Gasteiger partial charge in [0.2, 0.25) is 0 Å². The van der Waals surface area contributed by atoms with E-state index in [4.69, 9.17) is 24.4 Å². The van der Waals surface area contributed by atoms with E-state index in [9.17, 15) is 28.7 Å². The molecule has 8 aliphatic carbocycles. The van der Waals surface area contributed by atoms with Crippen molar-refractivity contribution in [3.63, 3.8) is 0 Å². The Bertz CT molecular complexity index is 1710. The number of aliphatic hydroxyl groups excluding tert-OH is 1. The van der Waals surface area contributed by atoms with Crippen molar-refractivity contribution in [3.8, 4) is 11.5 Å². The first kappa shape index (κ1) is 52.1. The molecular formula is C37H46Na4O13P2. The summed E-state index contributed by atoms with van der Waals surface area (Å²) in [7, 11) is -5.95. The van der Waals surface area contributed by atoms with Gasteiger partial charge in [-0.25, -0.2) is 4.89 Å². The van der Waals surface area contributed by atoms with Gasteiger partial charge in [-0.3, -0.25) is 0 Å².